The van der Waals surface area contributed by atoms with Crippen LogP contribution in [0.3, 0.4) is 0 Å². The van der Waals surface area contributed by atoms with Gasteiger partial charge in [-0.1, -0.05) is 0 Å². The Kier molecular flexibility index (Phi) is 4.93. The average molecular weight is 339 g/mol. The number of carbonyl (C=O) groups is 2. The van der Waals surface area contributed by atoms with Gasteiger partial charge < -0.3 is 19.7 Å². The number of nitrogens with zero attached hydrogens (tertiary/aromatic N) is 2. The number of rotatable bonds is 5. The number of hydrogen-bond acceptors (Lipinski definition) is 6. The standard InChI is InChI=1S/C15H21N3O4S/c1-9(19)16-3-15(20)18-4-14(12-6-21-7-13(12)18)22-5-11-8-23-10(2)17-11/h8,12-14H,3-7H2,1-2H3,(H,16,19)/t12-,13+,14-/m0/s1. The van der Waals surface area contributed by atoms with Crippen molar-refractivity contribution in [3.63, 3.8) is 0 Å². The summed E-state index contributed by atoms with van der Waals surface area (Å²) < 4.78 is 11.5. The maximum atomic E-state index is 12.3. The highest BCUT2D eigenvalue weighted by atomic mass is 32.1. The van der Waals surface area contributed by atoms with Gasteiger partial charge in [0.2, 0.25) is 11.8 Å². The zero-order valence-corrected chi connectivity index (χ0v) is 14.1. The smallest absolute Gasteiger partial charge is 0.242 e. The molecule has 126 valence electrons. The molecule has 3 atom stereocenters. The number of aryl methyl sites for hydroxylation is 1. The normalized spacial score (nSPS) is 26.3. The molecule has 0 radical (unpaired) electrons. The number of hydrogen-bond donors (Lipinski definition) is 1. The van der Waals surface area contributed by atoms with Crippen LogP contribution < -0.4 is 5.32 Å². The van der Waals surface area contributed by atoms with Crippen LogP contribution in [0.25, 0.3) is 0 Å². The molecule has 2 fully saturated rings. The molecule has 2 saturated heterocycles. The third-order valence-electron chi connectivity index (χ3n) is 4.27. The quantitative estimate of drug-likeness (QED) is 0.836. The SMILES string of the molecule is CC(=O)NCC(=O)N1C[C@H](OCc2csc(C)n2)[C@H]2COC[C@H]21. The molecule has 0 aliphatic carbocycles. The van der Waals surface area contributed by atoms with Crippen molar-refractivity contribution in [2.75, 3.05) is 26.3 Å². The third-order valence-corrected chi connectivity index (χ3v) is 5.09. The highest BCUT2D eigenvalue weighted by molar-refractivity contribution is 7.09. The van der Waals surface area contributed by atoms with Gasteiger partial charge in [0, 0.05) is 24.8 Å². The summed E-state index contributed by atoms with van der Waals surface area (Å²) in [6, 6.07) is 0.0402. The van der Waals surface area contributed by atoms with Gasteiger partial charge in [-0.3, -0.25) is 9.59 Å². The van der Waals surface area contributed by atoms with Crippen molar-refractivity contribution in [3.05, 3.63) is 16.1 Å². The molecule has 1 aromatic rings. The fourth-order valence-corrected chi connectivity index (χ4v) is 3.73. The number of nitrogens with one attached hydrogen (secondary N) is 1. The summed E-state index contributed by atoms with van der Waals surface area (Å²) in [5.74, 6) is -0.101. The minimum absolute atomic E-state index is 0.0244. The molecule has 1 aromatic heterocycles. The van der Waals surface area contributed by atoms with Crippen LogP contribution in [0, 0.1) is 12.8 Å². The van der Waals surface area contributed by atoms with E-state index in [9.17, 15) is 9.59 Å². The lowest BCUT2D eigenvalue weighted by molar-refractivity contribution is -0.134. The van der Waals surface area contributed by atoms with Gasteiger partial charge in [-0.2, -0.15) is 0 Å². The molecule has 7 nitrogen and oxygen atoms in total. The first-order valence-corrected chi connectivity index (χ1v) is 8.57. The van der Waals surface area contributed by atoms with Gasteiger partial charge in [0.05, 0.1) is 49.2 Å². The fourth-order valence-electron chi connectivity index (χ4n) is 3.13. The van der Waals surface area contributed by atoms with E-state index in [0.29, 0.717) is 26.4 Å². The second kappa shape index (κ2) is 6.94. The van der Waals surface area contributed by atoms with Crippen molar-refractivity contribution >= 4 is 23.2 Å². The van der Waals surface area contributed by atoms with Crippen molar-refractivity contribution in [3.8, 4) is 0 Å². The highest BCUT2D eigenvalue weighted by Crippen LogP contribution is 2.32. The van der Waals surface area contributed by atoms with Crippen LogP contribution in [0.1, 0.15) is 17.6 Å². The van der Waals surface area contributed by atoms with Gasteiger partial charge in [0.1, 0.15) is 0 Å². The van der Waals surface area contributed by atoms with E-state index in [4.69, 9.17) is 9.47 Å². The fraction of sp³-hybridized carbons (Fsp3) is 0.667. The van der Waals surface area contributed by atoms with E-state index < -0.39 is 0 Å². The largest absolute Gasteiger partial charge is 0.379 e. The maximum Gasteiger partial charge on any atom is 0.242 e. The zero-order valence-electron chi connectivity index (χ0n) is 13.3. The summed E-state index contributed by atoms with van der Waals surface area (Å²) in [6.45, 7) is 5.53. The van der Waals surface area contributed by atoms with Gasteiger partial charge in [-0.05, 0) is 6.92 Å². The van der Waals surface area contributed by atoms with Crippen LogP contribution in [-0.2, 0) is 25.7 Å². The van der Waals surface area contributed by atoms with Gasteiger partial charge in [0.15, 0.2) is 0 Å². The van der Waals surface area contributed by atoms with Crippen molar-refractivity contribution < 1.29 is 19.1 Å². The van der Waals surface area contributed by atoms with Gasteiger partial charge >= 0.3 is 0 Å². The lowest BCUT2D eigenvalue weighted by atomic mass is 10.0. The lowest BCUT2D eigenvalue weighted by Gasteiger charge is -2.22. The Morgan fingerprint density at radius 1 is 1.52 bits per heavy atom. The Morgan fingerprint density at radius 2 is 2.35 bits per heavy atom. The van der Waals surface area contributed by atoms with E-state index in [-0.39, 0.29) is 36.4 Å². The number of amides is 2. The summed E-state index contributed by atoms with van der Waals surface area (Å²) in [7, 11) is 0. The van der Waals surface area contributed by atoms with Crippen LogP contribution in [0.5, 0.6) is 0 Å². The first-order chi connectivity index (χ1) is 11.0. The summed E-state index contributed by atoms with van der Waals surface area (Å²) >= 11 is 1.60. The molecule has 3 heterocycles. The number of ether oxygens (including phenoxy) is 2. The van der Waals surface area contributed by atoms with Crippen LogP contribution >= 0.6 is 11.3 Å². The van der Waals surface area contributed by atoms with Crippen molar-refractivity contribution in [1.29, 1.82) is 0 Å². The van der Waals surface area contributed by atoms with Crippen LogP contribution in [0.15, 0.2) is 5.38 Å². The molecule has 0 bridgehead atoms. The summed E-state index contributed by atoms with van der Waals surface area (Å²) in [4.78, 5) is 29.5. The van der Waals surface area contributed by atoms with Gasteiger partial charge in [0.25, 0.3) is 0 Å². The lowest BCUT2D eigenvalue weighted by Crippen LogP contribution is -2.43. The molecular weight excluding hydrogens is 318 g/mol. The van der Waals surface area contributed by atoms with Crippen molar-refractivity contribution in [2.24, 2.45) is 5.92 Å². The van der Waals surface area contributed by atoms with E-state index in [0.717, 1.165) is 10.7 Å². The number of thiazole rings is 1. The second-order valence-corrected chi connectivity index (χ2v) is 6.99. The Bertz CT molecular complexity index is 591. The van der Waals surface area contributed by atoms with E-state index in [1.165, 1.54) is 6.92 Å². The first kappa shape index (κ1) is 16.4. The van der Waals surface area contributed by atoms with Crippen LogP contribution in [0.4, 0.5) is 0 Å². The van der Waals surface area contributed by atoms with E-state index >= 15 is 0 Å². The summed E-state index contributed by atoms with van der Waals surface area (Å²) in [6.07, 6.45) is -0.0502. The Labute approximate surface area is 139 Å². The van der Waals surface area contributed by atoms with Gasteiger partial charge in [-0.25, -0.2) is 4.98 Å². The van der Waals surface area contributed by atoms with Crippen molar-refractivity contribution in [2.45, 2.75) is 32.6 Å². The van der Waals surface area contributed by atoms with E-state index in [1.807, 2.05) is 12.3 Å². The minimum atomic E-state index is -0.205. The molecule has 0 saturated carbocycles. The Morgan fingerprint density at radius 3 is 3.04 bits per heavy atom. The van der Waals surface area contributed by atoms with E-state index in [2.05, 4.69) is 10.3 Å². The topological polar surface area (TPSA) is 80.8 Å². The number of likely N-dealkylation sites (tertiary alicyclic amines) is 1. The molecular formula is C15H21N3O4S. The maximum absolute atomic E-state index is 12.3. The highest BCUT2D eigenvalue weighted by Gasteiger charge is 2.47. The monoisotopic (exact) mass is 339 g/mol. The molecule has 2 amide bonds. The Hall–Kier alpha value is -1.51. The molecule has 2 aliphatic heterocycles. The number of fused-ring (bicyclic) bond motifs is 1. The molecule has 3 rings (SSSR count). The molecule has 0 aromatic carbocycles. The van der Waals surface area contributed by atoms with Crippen molar-refractivity contribution in [1.82, 2.24) is 15.2 Å². The summed E-state index contributed by atoms with van der Waals surface area (Å²) in [5, 5.41) is 5.57. The molecule has 0 spiro atoms. The number of carbonyl (C=O) groups excluding carboxylic acids is 2. The minimum Gasteiger partial charge on any atom is -0.379 e. The first-order valence-electron chi connectivity index (χ1n) is 7.69. The molecule has 8 heteroatoms. The molecule has 23 heavy (non-hydrogen) atoms. The van der Waals surface area contributed by atoms with Gasteiger partial charge in [-0.15, -0.1) is 11.3 Å². The zero-order chi connectivity index (χ0) is 16.4. The second-order valence-electron chi connectivity index (χ2n) is 5.93. The molecule has 2 aliphatic rings. The van der Waals surface area contributed by atoms with Crippen LogP contribution in [-0.4, -0.2) is 60.1 Å². The summed E-state index contributed by atoms with van der Waals surface area (Å²) in [5.41, 5.74) is 0.922. The third kappa shape index (κ3) is 3.70. The number of aromatic nitrogens is 1. The Balaban J connectivity index is 1.59. The molecule has 1 N–H and O–H groups in total. The van der Waals surface area contributed by atoms with Crippen LogP contribution in [0.2, 0.25) is 0 Å². The average Bonchev–Trinajstić information content (AvgIpc) is 3.19. The predicted octanol–water partition coefficient (Wildman–Crippen LogP) is 0.330. The molecule has 0 unspecified atom stereocenters. The predicted molar refractivity (Wildman–Crippen MR) is 83.9 cm³/mol. The van der Waals surface area contributed by atoms with E-state index in [1.54, 1.807) is 16.2 Å².